The van der Waals surface area contributed by atoms with Gasteiger partial charge in [0, 0.05) is 24.7 Å². The average molecular weight is 477 g/mol. The van der Waals surface area contributed by atoms with E-state index in [0.29, 0.717) is 35.4 Å². The molecule has 1 aliphatic carbocycles. The Balaban J connectivity index is 1.59. The number of rotatable bonds is 10. The monoisotopic (exact) mass is 476 g/mol. The zero-order valence-corrected chi connectivity index (χ0v) is 19.5. The SMILES string of the molecule is CCN(CC)C1CCC(CNc2nc(NCc3ccccc3OC(F)(F)F)ncc2C#N)CC1. The maximum absolute atomic E-state index is 12.6. The molecular weight excluding hydrogens is 445 g/mol. The van der Waals surface area contributed by atoms with Crippen molar-refractivity contribution in [3.8, 4) is 11.8 Å². The van der Waals surface area contributed by atoms with Crippen molar-refractivity contribution in [3.63, 3.8) is 0 Å². The Morgan fingerprint density at radius 1 is 1.12 bits per heavy atom. The maximum Gasteiger partial charge on any atom is 0.573 e. The van der Waals surface area contributed by atoms with E-state index in [-0.39, 0.29) is 18.2 Å². The third-order valence-corrected chi connectivity index (χ3v) is 6.25. The highest BCUT2D eigenvalue weighted by molar-refractivity contribution is 5.53. The molecule has 1 fully saturated rings. The molecule has 2 N–H and O–H groups in total. The second-order valence-electron chi connectivity index (χ2n) is 8.35. The molecule has 7 nitrogen and oxygen atoms in total. The predicted octanol–water partition coefficient (Wildman–Crippen LogP) is 5.17. The first kappa shape index (κ1) is 25.6. The molecule has 0 spiro atoms. The highest BCUT2D eigenvalue weighted by Gasteiger charge is 2.32. The molecule has 184 valence electrons. The van der Waals surface area contributed by atoms with Crippen LogP contribution in [-0.2, 0) is 6.54 Å². The summed E-state index contributed by atoms with van der Waals surface area (Å²) in [5, 5.41) is 15.6. The van der Waals surface area contributed by atoms with Gasteiger partial charge in [-0.1, -0.05) is 32.0 Å². The van der Waals surface area contributed by atoms with Crippen molar-refractivity contribution in [1.29, 1.82) is 5.26 Å². The van der Waals surface area contributed by atoms with Gasteiger partial charge in [0.2, 0.25) is 5.95 Å². The zero-order chi connectivity index (χ0) is 24.6. The standard InChI is InChI=1S/C24H31F3N6O/c1-3-33(4-2)20-11-9-17(10-12-20)14-29-22-19(13-28)16-31-23(32-22)30-15-18-7-5-6-8-21(18)34-24(25,26)27/h5-8,16-17,20H,3-4,9-12,14-15H2,1-2H3,(H2,29,30,31,32). The number of hydrogen-bond donors (Lipinski definition) is 2. The van der Waals surface area contributed by atoms with Crippen molar-refractivity contribution < 1.29 is 17.9 Å². The van der Waals surface area contributed by atoms with Crippen LogP contribution in [0.15, 0.2) is 30.5 Å². The third-order valence-electron chi connectivity index (χ3n) is 6.25. The van der Waals surface area contributed by atoms with Gasteiger partial charge in [0.1, 0.15) is 23.2 Å². The third kappa shape index (κ3) is 7.22. The fourth-order valence-electron chi connectivity index (χ4n) is 4.43. The van der Waals surface area contributed by atoms with Gasteiger partial charge in [-0.2, -0.15) is 10.2 Å². The predicted molar refractivity (Wildman–Crippen MR) is 124 cm³/mol. The van der Waals surface area contributed by atoms with Gasteiger partial charge in [0.05, 0.1) is 6.20 Å². The van der Waals surface area contributed by atoms with Crippen LogP contribution in [0, 0.1) is 17.2 Å². The zero-order valence-electron chi connectivity index (χ0n) is 19.5. The van der Waals surface area contributed by atoms with Gasteiger partial charge in [-0.05, 0) is 50.8 Å². The van der Waals surface area contributed by atoms with E-state index in [0.717, 1.165) is 38.8 Å². The maximum atomic E-state index is 12.6. The second kappa shape index (κ2) is 11.9. The summed E-state index contributed by atoms with van der Waals surface area (Å²) in [4.78, 5) is 11.0. The van der Waals surface area contributed by atoms with Crippen LogP contribution < -0.4 is 15.4 Å². The van der Waals surface area contributed by atoms with Gasteiger partial charge in [0.15, 0.2) is 0 Å². The molecule has 0 unspecified atom stereocenters. The highest BCUT2D eigenvalue weighted by Crippen LogP contribution is 2.29. The summed E-state index contributed by atoms with van der Waals surface area (Å²) in [6, 6.07) is 8.62. The van der Waals surface area contributed by atoms with Crippen molar-refractivity contribution >= 4 is 11.8 Å². The molecular formula is C24H31F3N6O. The number of halogens is 3. The normalized spacial score (nSPS) is 18.4. The van der Waals surface area contributed by atoms with Crippen LogP contribution in [-0.4, -0.2) is 46.9 Å². The molecule has 34 heavy (non-hydrogen) atoms. The van der Waals surface area contributed by atoms with E-state index < -0.39 is 6.36 Å². The molecule has 1 aliphatic rings. The first-order valence-corrected chi connectivity index (χ1v) is 11.7. The summed E-state index contributed by atoms with van der Waals surface area (Å²) in [5.74, 6) is 0.852. The minimum Gasteiger partial charge on any atom is -0.405 e. The van der Waals surface area contributed by atoms with Crippen LogP contribution in [0.3, 0.4) is 0 Å². The Morgan fingerprint density at radius 3 is 2.47 bits per heavy atom. The number of para-hydroxylation sites is 1. The molecule has 0 bridgehead atoms. The Morgan fingerprint density at radius 2 is 1.82 bits per heavy atom. The van der Waals surface area contributed by atoms with Gasteiger partial charge in [0.25, 0.3) is 0 Å². The second-order valence-corrected chi connectivity index (χ2v) is 8.35. The van der Waals surface area contributed by atoms with E-state index >= 15 is 0 Å². The van der Waals surface area contributed by atoms with E-state index in [4.69, 9.17) is 0 Å². The number of hydrogen-bond acceptors (Lipinski definition) is 7. The molecule has 3 rings (SSSR count). The molecule has 0 radical (unpaired) electrons. The smallest absolute Gasteiger partial charge is 0.405 e. The summed E-state index contributed by atoms with van der Waals surface area (Å²) < 4.78 is 42.0. The van der Waals surface area contributed by atoms with E-state index in [1.165, 1.54) is 24.4 Å². The van der Waals surface area contributed by atoms with Crippen LogP contribution in [0.1, 0.15) is 50.7 Å². The molecule has 1 aromatic carbocycles. The summed E-state index contributed by atoms with van der Waals surface area (Å²) in [6.45, 7) is 7.27. The summed E-state index contributed by atoms with van der Waals surface area (Å²) >= 11 is 0. The van der Waals surface area contributed by atoms with Crippen LogP contribution in [0.4, 0.5) is 24.9 Å². The van der Waals surface area contributed by atoms with Gasteiger partial charge < -0.3 is 20.3 Å². The number of benzene rings is 1. The molecule has 1 aromatic heterocycles. The van der Waals surface area contributed by atoms with E-state index in [2.05, 4.69) is 50.2 Å². The van der Waals surface area contributed by atoms with Crippen molar-refractivity contribution in [2.24, 2.45) is 5.92 Å². The first-order valence-electron chi connectivity index (χ1n) is 11.7. The Hall–Kier alpha value is -3.06. The Labute approximate surface area is 198 Å². The van der Waals surface area contributed by atoms with Crippen LogP contribution >= 0.6 is 0 Å². The van der Waals surface area contributed by atoms with Gasteiger partial charge in [-0.15, -0.1) is 13.2 Å². The van der Waals surface area contributed by atoms with Gasteiger partial charge in [-0.3, -0.25) is 0 Å². The molecule has 0 amide bonds. The molecule has 0 aliphatic heterocycles. The van der Waals surface area contributed by atoms with Crippen molar-refractivity contribution in [3.05, 3.63) is 41.6 Å². The fourth-order valence-corrected chi connectivity index (χ4v) is 4.43. The van der Waals surface area contributed by atoms with Crippen LogP contribution in [0.25, 0.3) is 0 Å². The van der Waals surface area contributed by atoms with E-state index in [9.17, 15) is 18.4 Å². The summed E-state index contributed by atoms with van der Waals surface area (Å²) in [5.41, 5.74) is 0.635. The number of nitrogens with zero attached hydrogens (tertiary/aromatic N) is 4. The summed E-state index contributed by atoms with van der Waals surface area (Å²) in [7, 11) is 0. The number of ether oxygens (including phenoxy) is 1. The summed E-state index contributed by atoms with van der Waals surface area (Å²) in [6.07, 6.45) is 1.18. The lowest BCUT2D eigenvalue weighted by atomic mass is 9.85. The molecule has 1 saturated carbocycles. The Bertz CT molecular complexity index is 966. The van der Waals surface area contributed by atoms with Crippen molar-refractivity contribution in [1.82, 2.24) is 14.9 Å². The average Bonchev–Trinajstić information content (AvgIpc) is 2.83. The number of nitriles is 1. The molecule has 2 aromatic rings. The topological polar surface area (TPSA) is 86.1 Å². The highest BCUT2D eigenvalue weighted by atomic mass is 19.4. The molecule has 1 heterocycles. The lowest BCUT2D eigenvalue weighted by Crippen LogP contribution is -2.38. The van der Waals surface area contributed by atoms with Crippen molar-refractivity contribution in [2.45, 2.75) is 58.5 Å². The van der Waals surface area contributed by atoms with Crippen LogP contribution in [0.5, 0.6) is 5.75 Å². The number of anilines is 2. The number of aromatic nitrogens is 2. The minimum atomic E-state index is -4.78. The van der Waals surface area contributed by atoms with E-state index in [1.54, 1.807) is 6.07 Å². The molecule has 0 saturated heterocycles. The molecule has 0 atom stereocenters. The van der Waals surface area contributed by atoms with Crippen molar-refractivity contribution in [2.75, 3.05) is 30.3 Å². The number of alkyl halides is 3. The lowest BCUT2D eigenvalue weighted by molar-refractivity contribution is -0.274. The number of nitrogens with one attached hydrogen (secondary N) is 2. The largest absolute Gasteiger partial charge is 0.573 e. The Kier molecular flexibility index (Phi) is 8.93. The minimum absolute atomic E-state index is 0.0347. The van der Waals surface area contributed by atoms with Crippen LogP contribution in [0.2, 0.25) is 0 Å². The quantitative estimate of drug-likeness (QED) is 0.489. The first-order chi connectivity index (χ1) is 16.3. The lowest BCUT2D eigenvalue weighted by Gasteiger charge is -2.35. The van der Waals surface area contributed by atoms with E-state index in [1.807, 2.05) is 0 Å². The van der Waals surface area contributed by atoms with Gasteiger partial charge >= 0.3 is 6.36 Å². The molecule has 10 heteroatoms. The van der Waals surface area contributed by atoms with Gasteiger partial charge in [-0.25, -0.2) is 4.98 Å². The fraction of sp³-hybridized carbons (Fsp3) is 0.542.